The third kappa shape index (κ3) is 15.7. The topological polar surface area (TPSA) is 35.5 Å². The van der Waals surface area contributed by atoms with Crippen molar-refractivity contribution in [3.05, 3.63) is 0 Å². The highest BCUT2D eigenvalue weighted by molar-refractivity contribution is 7.53. The van der Waals surface area contributed by atoms with Crippen LogP contribution >= 0.6 is 7.60 Å². The highest BCUT2D eigenvalue weighted by Gasteiger charge is 2.23. The number of rotatable bonds is 19. The van der Waals surface area contributed by atoms with Gasteiger partial charge in [0.25, 0.3) is 0 Å². The predicted molar refractivity (Wildman–Crippen MR) is 106 cm³/mol. The number of hydrogen-bond donors (Lipinski definition) is 0. The normalized spacial score (nSPS) is 12.0. The van der Waals surface area contributed by atoms with Crippen LogP contribution in [0.1, 0.15) is 111 Å². The number of unbranched alkanes of at least 4 members (excludes halogenated alkanes) is 11. The highest BCUT2D eigenvalue weighted by Crippen LogP contribution is 2.49. The Labute approximate surface area is 151 Å². The van der Waals surface area contributed by atoms with Crippen molar-refractivity contribution < 1.29 is 13.6 Å². The van der Waals surface area contributed by atoms with Gasteiger partial charge in [0.05, 0.1) is 19.4 Å². The lowest BCUT2D eigenvalue weighted by atomic mass is 10.1. The molecule has 0 N–H and O–H groups in total. The second-order valence-electron chi connectivity index (χ2n) is 6.89. The summed E-state index contributed by atoms with van der Waals surface area (Å²) in [6.07, 6.45) is 17.5. The molecule has 0 aromatic rings. The molecule has 0 aliphatic rings. The SMILES string of the molecule is CCCCCCCCCCCCP(=O)(OCCCC)OCCCC. The minimum absolute atomic E-state index is 0.567. The molecule has 24 heavy (non-hydrogen) atoms. The predicted octanol–water partition coefficient (Wildman–Crippen LogP) is 7.73. The summed E-state index contributed by atoms with van der Waals surface area (Å²) >= 11 is 0. The molecule has 0 radical (unpaired) electrons. The van der Waals surface area contributed by atoms with E-state index in [1.807, 2.05) is 0 Å². The molecular weight excluding hydrogens is 319 g/mol. The zero-order chi connectivity index (χ0) is 17.9. The van der Waals surface area contributed by atoms with Gasteiger partial charge in [-0.25, -0.2) is 0 Å². The van der Waals surface area contributed by atoms with Crippen LogP contribution in [0.2, 0.25) is 0 Å². The fourth-order valence-electron chi connectivity index (χ4n) is 2.66. The molecule has 0 rings (SSSR count). The van der Waals surface area contributed by atoms with Gasteiger partial charge in [0.15, 0.2) is 0 Å². The van der Waals surface area contributed by atoms with E-state index in [0.29, 0.717) is 19.4 Å². The molecule has 0 saturated heterocycles. The Morgan fingerprint density at radius 2 is 0.917 bits per heavy atom. The van der Waals surface area contributed by atoms with Crippen molar-refractivity contribution >= 4 is 7.60 Å². The summed E-state index contributed by atoms with van der Waals surface area (Å²) in [6.45, 7) is 7.63. The Morgan fingerprint density at radius 1 is 0.542 bits per heavy atom. The Kier molecular flexibility index (Phi) is 18.1. The van der Waals surface area contributed by atoms with Crippen LogP contribution in [0.15, 0.2) is 0 Å². The van der Waals surface area contributed by atoms with Crippen LogP contribution in [0.25, 0.3) is 0 Å². The summed E-state index contributed by atoms with van der Waals surface area (Å²) in [6, 6.07) is 0. The minimum atomic E-state index is -2.85. The van der Waals surface area contributed by atoms with E-state index in [1.54, 1.807) is 0 Å². The first kappa shape index (κ1) is 24.1. The van der Waals surface area contributed by atoms with Crippen LogP contribution in [-0.4, -0.2) is 19.4 Å². The first-order valence-electron chi connectivity index (χ1n) is 10.6. The fourth-order valence-corrected chi connectivity index (χ4v) is 4.41. The average Bonchev–Trinajstić information content (AvgIpc) is 2.57. The molecular formula is C20H43O3P. The molecule has 0 aliphatic heterocycles. The van der Waals surface area contributed by atoms with E-state index >= 15 is 0 Å². The molecule has 0 bridgehead atoms. The summed E-state index contributed by atoms with van der Waals surface area (Å²) in [5.41, 5.74) is 0. The van der Waals surface area contributed by atoms with E-state index in [0.717, 1.165) is 38.5 Å². The zero-order valence-electron chi connectivity index (χ0n) is 16.7. The van der Waals surface area contributed by atoms with Crippen LogP contribution in [0.3, 0.4) is 0 Å². The Hall–Kier alpha value is 0.150. The van der Waals surface area contributed by atoms with Gasteiger partial charge in [0.1, 0.15) is 0 Å². The van der Waals surface area contributed by atoms with E-state index in [-0.39, 0.29) is 0 Å². The molecule has 0 amide bonds. The molecule has 0 saturated carbocycles. The minimum Gasteiger partial charge on any atom is -0.309 e. The van der Waals surface area contributed by atoms with E-state index in [4.69, 9.17) is 9.05 Å². The molecule has 3 nitrogen and oxygen atoms in total. The third-order valence-corrected chi connectivity index (χ3v) is 6.37. The Morgan fingerprint density at radius 3 is 1.33 bits per heavy atom. The standard InChI is InChI=1S/C20H43O3P/c1-4-7-10-11-12-13-14-15-16-17-20-24(21,22-18-8-5-2)23-19-9-6-3/h4-20H2,1-3H3. The molecule has 146 valence electrons. The summed E-state index contributed by atoms with van der Waals surface area (Å²) in [4.78, 5) is 0. The van der Waals surface area contributed by atoms with Gasteiger partial charge >= 0.3 is 7.60 Å². The van der Waals surface area contributed by atoms with E-state index < -0.39 is 7.60 Å². The lowest BCUT2D eigenvalue weighted by Crippen LogP contribution is -2.03. The van der Waals surface area contributed by atoms with Gasteiger partial charge < -0.3 is 9.05 Å². The van der Waals surface area contributed by atoms with Crippen LogP contribution in [-0.2, 0) is 13.6 Å². The fraction of sp³-hybridized carbons (Fsp3) is 1.00. The molecule has 0 unspecified atom stereocenters. The van der Waals surface area contributed by atoms with Crippen molar-refractivity contribution in [2.75, 3.05) is 19.4 Å². The van der Waals surface area contributed by atoms with Crippen molar-refractivity contribution in [1.29, 1.82) is 0 Å². The smallest absolute Gasteiger partial charge is 0.309 e. The molecule has 4 heteroatoms. The summed E-state index contributed by atoms with van der Waals surface area (Å²) in [7, 11) is -2.85. The van der Waals surface area contributed by atoms with Crippen molar-refractivity contribution in [2.45, 2.75) is 111 Å². The van der Waals surface area contributed by atoms with Gasteiger partial charge in [-0.2, -0.15) is 0 Å². The first-order valence-corrected chi connectivity index (χ1v) is 12.3. The highest BCUT2D eigenvalue weighted by atomic mass is 31.2. The molecule has 0 aliphatic carbocycles. The van der Waals surface area contributed by atoms with Crippen molar-refractivity contribution in [1.82, 2.24) is 0 Å². The second kappa shape index (κ2) is 18.0. The van der Waals surface area contributed by atoms with E-state index in [2.05, 4.69) is 20.8 Å². The maximum atomic E-state index is 12.8. The Bertz CT molecular complexity index is 281. The molecule has 0 fully saturated rings. The van der Waals surface area contributed by atoms with Crippen molar-refractivity contribution in [3.63, 3.8) is 0 Å². The number of hydrogen-bond acceptors (Lipinski definition) is 3. The average molecular weight is 363 g/mol. The Balaban J connectivity index is 3.74. The van der Waals surface area contributed by atoms with E-state index in [1.165, 1.54) is 51.4 Å². The molecule has 0 aromatic carbocycles. The van der Waals surface area contributed by atoms with Crippen LogP contribution < -0.4 is 0 Å². The zero-order valence-corrected chi connectivity index (χ0v) is 17.6. The van der Waals surface area contributed by atoms with Gasteiger partial charge in [-0.3, -0.25) is 4.57 Å². The van der Waals surface area contributed by atoms with Gasteiger partial charge in [-0.05, 0) is 19.3 Å². The van der Waals surface area contributed by atoms with E-state index in [9.17, 15) is 4.57 Å². The van der Waals surface area contributed by atoms with Crippen LogP contribution in [0, 0.1) is 0 Å². The van der Waals surface area contributed by atoms with Gasteiger partial charge in [-0.1, -0.05) is 91.4 Å². The lowest BCUT2D eigenvalue weighted by Gasteiger charge is -2.18. The van der Waals surface area contributed by atoms with Gasteiger partial charge in [-0.15, -0.1) is 0 Å². The monoisotopic (exact) mass is 362 g/mol. The van der Waals surface area contributed by atoms with Crippen LogP contribution in [0.4, 0.5) is 0 Å². The molecule has 0 spiro atoms. The quantitative estimate of drug-likeness (QED) is 0.174. The summed E-state index contributed by atoms with van der Waals surface area (Å²) in [5, 5.41) is 0. The second-order valence-corrected chi connectivity index (χ2v) is 9.08. The largest absolute Gasteiger partial charge is 0.330 e. The summed E-state index contributed by atoms with van der Waals surface area (Å²) < 4.78 is 24.0. The summed E-state index contributed by atoms with van der Waals surface area (Å²) in [5.74, 6) is 0. The first-order chi connectivity index (χ1) is 11.7. The molecule has 0 aromatic heterocycles. The van der Waals surface area contributed by atoms with Crippen molar-refractivity contribution in [2.24, 2.45) is 0 Å². The maximum absolute atomic E-state index is 12.8. The maximum Gasteiger partial charge on any atom is 0.330 e. The van der Waals surface area contributed by atoms with Gasteiger partial charge in [0, 0.05) is 0 Å². The van der Waals surface area contributed by atoms with Crippen molar-refractivity contribution in [3.8, 4) is 0 Å². The molecule has 0 heterocycles. The molecule has 0 atom stereocenters. The van der Waals surface area contributed by atoms with Gasteiger partial charge in [0.2, 0.25) is 0 Å². The third-order valence-electron chi connectivity index (χ3n) is 4.36. The van der Waals surface area contributed by atoms with Crippen LogP contribution in [0.5, 0.6) is 0 Å². The lowest BCUT2D eigenvalue weighted by molar-refractivity contribution is 0.199.